The van der Waals surface area contributed by atoms with Crippen molar-refractivity contribution in [1.29, 1.82) is 0 Å². The van der Waals surface area contributed by atoms with Gasteiger partial charge in [0.2, 0.25) is 11.8 Å². The van der Waals surface area contributed by atoms with Gasteiger partial charge in [-0.15, -0.1) is 0 Å². The van der Waals surface area contributed by atoms with Crippen LogP contribution in [0.15, 0.2) is 89.9 Å². The number of hydrogen-bond acceptors (Lipinski definition) is 7. The molecule has 0 unspecified atom stereocenters. The predicted molar refractivity (Wildman–Crippen MR) is 140 cm³/mol. The van der Waals surface area contributed by atoms with Gasteiger partial charge in [-0.1, -0.05) is 48.5 Å². The fourth-order valence-electron chi connectivity index (χ4n) is 4.99. The van der Waals surface area contributed by atoms with Crippen molar-refractivity contribution in [3.05, 3.63) is 90.5 Å². The van der Waals surface area contributed by atoms with Gasteiger partial charge >= 0.3 is 7.60 Å². The van der Waals surface area contributed by atoms with Crippen LogP contribution in [-0.4, -0.2) is 31.2 Å². The van der Waals surface area contributed by atoms with E-state index in [0.717, 1.165) is 4.90 Å². The molecular weight excluding hydrogens is 491 g/mol. The zero-order valence-corrected chi connectivity index (χ0v) is 21.4. The van der Waals surface area contributed by atoms with Crippen molar-refractivity contribution in [2.24, 2.45) is 16.8 Å². The molecule has 190 valence electrons. The first-order valence-corrected chi connectivity index (χ1v) is 13.7. The number of rotatable bonds is 9. The van der Waals surface area contributed by atoms with Gasteiger partial charge < -0.3 is 13.8 Å². The van der Waals surface area contributed by atoms with Crippen molar-refractivity contribution < 1.29 is 27.9 Å². The number of benzene rings is 3. The fraction of sp³-hybridized carbons (Fsp3) is 0.250. The first-order valence-electron chi connectivity index (χ1n) is 12.2. The third-order valence-corrected chi connectivity index (χ3v) is 9.19. The molecular formula is C28H27N2O6P. The van der Waals surface area contributed by atoms with Gasteiger partial charge in [-0.25, -0.2) is 4.90 Å². The number of nitrogens with zero attached hydrogens (tertiary/aromatic N) is 2. The number of ether oxygens (including phenoxy) is 1. The Morgan fingerprint density at radius 1 is 0.811 bits per heavy atom. The summed E-state index contributed by atoms with van der Waals surface area (Å²) >= 11 is 0. The molecule has 2 aliphatic rings. The number of fused-ring (bicyclic) bond motifs is 1. The molecule has 8 nitrogen and oxygen atoms in total. The van der Waals surface area contributed by atoms with E-state index >= 15 is 0 Å². The van der Waals surface area contributed by atoms with E-state index in [9.17, 15) is 14.2 Å². The molecule has 37 heavy (non-hydrogen) atoms. The predicted octanol–water partition coefficient (Wildman–Crippen LogP) is 5.79. The third kappa shape index (κ3) is 4.11. The van der Waals surface area contributed by atoms with E-state index in [1.807, 2.05) is 36.4 Å². The topological polar surface area (TPSA) is 94.5 Å². The molecule has 5 rings (SSSR count). The lowest BCUT2D eigenvalue weighted by atomic mass is 9.87. The van der Waals surface area contributed by atoms with E-state index in [1.165, 1.54) is 6.21 Å². The van der Waals surface area contributed by atoms with Gasteiger partial charge in [-0.2, -0.15) is 0 Å². The highest BCUT2D eigenvalue weighted by molar-refractivity contribution is 7.55. The smallest absolute Gasteiger partial charge is 0.363 e. The summed E-state index contributed by atoms with van der Waals surface area (Å²) < 4.78 is 31.6. The van der Waals surface area contributed by atoms with Crippen LogP contribution >= 0.6 is 7.60 Å². The second kappa shape index (κ2) is 10.1. The fourth-order valence-corrected chi connectivity index (χ4v) is 7.43. The van der Waals surface area contributed by atoms with Crippen LogP contribution in [0.1, 0.15) is 19.4 Å². The monoisotopic (exact) mass is 518 g/mol. The number of para-hydroxylation sites is 1. The molecule has 3 aromatic carbocycles. The molecule has 9 heteroatoms. The van der Waals surface area contributed by atoms with Crippen LogP contribution in [-0.2, 0) is 28.5 Å². The number of aliphatic imine (C=N–C) groups is 1. The number of anilines is 1. The summed E-state index contributed by atoms with van der Waals surface area (Å²) in [6.07, 6.45) is 1.43. The second-order valence-electron chi connectivity index (χ2n) is 8.63. The van der Waals surface area contributed by atoms with Gasteiger partial charge in [0.05, 0.1) is 30.7 Å². The van der Waals surface area contributed by atoms with Gasteiger partial charge in [-0.3, -0.25) is 19.1 Å². The highest BCUT2D eigenvalue weighted by Crippen LogP contribution is 2.72. The maximum atomic E-state index is 14.3. The lowest BCUT2D eigenvalue weighted by Crippen LogP contribution is -2.40. The Kier molecular flexibility index (Phi) is 6.82. The van der Waals surface area contributed by atoms with Crippen LogP contribution in [0.4, 0.5) is 5.69 Å². The van der Waals surface area contributed by atoms with Crippen molar-refractivity contribution in [3.63, 3.8) is 0 Å². The highest BCUT2D eigenvalue weighted by Gasteiger charge is 2.69. The Morgan fingerprint density at radius 3 is 1.97 bits per heavy atom. The van der Waals surface area contributed by atoms with Crippen LogP contribution in [0.2, 0.25) is 0 Å². The first kappa shape index (κ1) is 25.1. The molecule has 2 amide bonds. The molecule has 0 N–H and O–H groups in total. The van der Waals surface area contributed by atoms with Crippen LogP contribution in [0.25, 0.3) is 0 Å². The molecule has 3 aromatic rings. The van der Waals surface area contributed by atoms with Crippen molar-refractivity contribution >= 4 is 31.3 Å². The van der Waals surface area contributed by atoms with Crippen LogP contribution in [0, 0.1) is 11.8 Å². The standard InChI is InChI=1S/C28H27N2O6P/c1-3-34-37(33,35-4-2)28(20-11-7-5-8-12-20)25-24(19-29-28)26(31)30(27(25)32)21-15-17-23(18-16-21)36-22-13-9-6-10-14-22/h5-19,24-25H,3-4H2,1-2H3/t24-,25+,28+/m1/s1. The van der Waals surface area contributed by atoms with Crippen LogP contribution < -0.4 is 9.64 Å². The molecule has 2 aliphatic heterocycles. The minimum Gasteiger partial charge on any atom is -0.457 e. The quantitative estimate of drug-likeness (QED) is 0.263. The highest BCUT2D eigenvalue weighted by atomic mass is 31.2. The number of imide groups is 1. The Bertz CT molecular complexity index is 1350. The van der Waals surface area contributed by atoms with E-state index in [4.69, 9.17) is 13.8 Å². The Morgan fingerprint density at radius 2 is 1.38 bits per heavy atom. The minimum atomic E-state index is -4.04. The summed E-state index contributed by atoms with van der Waals surface area (Å²) in [4.78, 5) is 33.3. The lowest BCUT2D eigenvalue weighted by Gasteiger charge is -2.37. The summed E-state index contributed by atoms with van der Waals surface area (Å²) in [5.41, 5.74) is 0.890. The van der Waals surface area contributed by atoms with Gasteiger partial charge in [0.15, 0.2) is 5.28 Å². The Balaban J connectivity index is 1.53. The molecule has 0 aromatic heterocycles. The summed E-state index contributed by atoms with van der Waals surface area (Å²) in [6, 6.07) is 24.8. The van der Waals surface area contributed by atoms with E-state index in [2.05, 4.69) is 4.99 Å². The normalized spacial score (nSPS) is 22.9. The molecule has 0 aliphatic carbocycles. The maximum Gasteiger partial charge on any atom is 0.363 e. The zero-order valence-electron chi connectivity index (χ0n) is 20.5. The molecule has 1 fully saturated rings. The molecule has 2 heterocycles. The SMILES string of the molecule is CCOP(=O)(OCC)[C@]1(c2ccccc2)N=C[C@H]2C(=O)N(c3ccc(Oc4ccccc4)cc3)C(=O)[C@H]21. The molecule has 0 radical (unpaired) electrons. The molecule has 0 spiro atoms. The van der Waals surface area contributed by atoms with Crippen LogP contribution in [0.5, 0.6) is 11.5 Å². The van der Waals surface area contributed by atoms with Crippen molar-refractivity contribution in [1.82, 2.24) is 0 Å². The summed E-state index contributed by atoms with van der Waals surface area (Å²) in [5.74, 6) is -1.69. The minimum absolute atomic E-state index is 0.0908. The molecule has 1 saturated heterocycles. The summed E-state index contributed by atoms with van der Waals surface area (Å²) in [6.45, 7) is 3.59. The second-order valence-corrected chi connectivity index (χ2v) is 10.8. The van der Waals surface area contributed by atoms with Crippen LogP contribution in [0.3, 0.4) is 0 Å². The zero-order chi connectivity index (χ0) is 26.0. The number of hydrogen-bond donors (Lipinski definition) is 0. The van der Waals surface area contributed by atoms with Gasteiger partial charge in [-0.05, 0) is 55.8 Å². The Labute approximate surface area is 215 Å². The number of carbonyl (C=O) groups is 2. The maximum absolute atomic E-state index is 14.3. The van der Waals surface area contributed by atoms with E-state index < -0.39 is 36.5 Å². The van der Waals surface area contributed by atoms with Gasteiger partial charge in [0.1, 0.15) is 11.5 Å². The van der Waals surface area contributed by atoms with E-state index in [0.29, 0.717) is 22.7 Å². The summed E-state index contributed by atoms with van der Waals surface area (Å²) in [7, 11) is -4.04. The van der Waals surface area contributed by atoms with Gasteiger partial charge in [0, 0.05) is 6.21 Å². The first-order chi connectivity index (χ1) is 17.9. The molecule has 3 atom stereocenters. The molecule has 0 saturated carbocycles. The largest absolute Gasteiger partial charge is 0.457 e. The van der Waals surface area contributed by atoms with E-state index in [1.54, 1.807) is 62.4 Å². The summed E-state index contributed by atoms with van der Waals surface area (Å²) in [5, 5.41) is -1.68. The van der Waals surface area contributed by atoms with Gasteiger partial charge in [0.25, 0.3) is 0 Å². The molecule has 0 bridgehead atoms. The average molecular weight is 519 g/mol. The third-order valence-electron chi connectivity index (χ3n) is 6.50. The Hall–Kier alpha value is -3.58. The average Bonchev–Trinajstić information content (AvgIpc) is 3.44. The van der Waals surface area contributed by atoms with Crippen molar-refractivity contribution in [2.75, 3.05) is 18.1 Å². The lowest BCUT2D eigenvalue weighted by molar-refractivity contribution is -0.123. The van der Waals surface area contributed by atoms with Crippen molar-refractivity contribution in [3.8, 4) is 11.5 Å². The number of amides is 2. The van der Waals surface area contributed by atoms with Crippen molar-refractivity contribution in [2.45, 2.75) is 19.1 Å². The number of carbonyl (C=O) groups excluding carboxylic acids is 2. The van der Waals surface area contributed by atoms with E-state index in [-0.39, 0.29) is 13.2 Å².